The van der Waals surface area contributed by atoms with Crippen LogP contribution in [0.4, 0.5) is 24.8 Å². The van der Waals surface area contributed by atoms with Crippen molar-refractivity contribution in [3.8, 4) is 0 Å². The first kappa shape index (κ1) is 22.7. The van der Waals surface area contributed by atoms with E-state index in [9.17, 15) is 13.2 Å². The van der Waals surface area contributed by atoms with Crippen molar-refractivity contribution in [2.45, 2.75) is 52.9 Å². The van der Waals surface area contributed by atoms with Crippen molar-refractivity contribution < 1.29 is 13.2 Å². The lowest BCUT2D eigenvalue weighted by Gasteiger charge is -2.32. The highest BCUT2D eigenvalue weighted by molar-refractivity contribution is 6.33. The summed E-state index contributed by atoms with van der Waals surface area (Å²) in [5, 5.41) is 0.526. The molecule has 4 nitrogen and oxygen atoms in total. The molecular formula is C22H28ClF3N4. The molecule has 0 N–H and O–H groups in total. The van der Waals surface area contributed by atoms with Gasteiger partial charge in [0.2, 0.25) is 5.95 Å². The molecule has 1 aromatic carbocycles. The number of hydrogen-bond donors (Lipinski definition) is 0. The molecule has 0 radical (unpaired) electrons. The fourth-order valence-corrected chi connectivity index (χ4v) is 4.62. The zero-order valence-corrected chi connectivity index (χ0v) is 18.4. The molecule has 2 aromatic rings. The Hall–Kier alpha value is -1.99. The first-order valence-corrected chi connectivity index (χ1v) is 10.6. The van der Waals surface area contributed by atoms with Gasteiger partial charge in [0.25, 0.3) is 0 Å². The molecule has 0 unspecified atom stereocenters. The quantitative estimate of drug-likeness (QED) is 0.485. The summed E-state index contributed by atoms with van der Waals surface area (Å²) in [4.78, 5) is 7.91. The predicted molar refractivity (Wildman–Crippen MR) is 116 cm³/mol. The number of anilines is 2. The molecule has 2 heterocycles. The first-order valence-electron chi connectivity index (χ1n) is 10.2. The smallest absolute Gasteiger partial charge is 0.312 e. The van der Waals surface area contributed by atoms with Gasteiger partial charge in [-0.15, -0.1) is 6.58 Å². The highest BCUT2D eigenvalue weighted by Gasteiger charge is 2.41. The van der Waals surface area contributed by atoms with Crippen LogP contribution in [0.2, 0.25) is 5.02 Å². The summed E-state index contributed by atoms with van der Waals surface area (Å²) in [6.45, 7) is 12.1. The van der Waals surface area contributed by atoms with Crippen LogP contribution in [0.1, 0.15) is 42.3 Å². The Kier molecular flexibility index (Phi) is 6.82. The fraction of sp³-hybridized carbons (Fsp3) is 0.500. The van der Waals surface area contributed by atoms with E-state index in [1.54, 1.807) is 10.6 Å². The highest BCUT2D eigenvalue weighted by Crippen LogP contribution is 2.41. The summed E-state index contributed by atoms with van der Waals surface area (Å²) in [5.41, 5.74) is 2.06. The molecule has 0 amide bonds. The molecule has 0 bridgehead atoms. The molecule has 164 valence electrons. The summed E-state index contributed by atoms with van der Waals surface area (Å²) in [6.07, 6.45) is -1.24. The lowest BCUT2D eigenvalue weighted by molar-refractivity contribution is -0.141. The Labute approximate surface area is 180 Å². The normalized spacial score (nSPS) is 14.3. The van der Waals surface area contributed by atoms with E-state index in [1.807, 2.05) is 42.7 Å². The molecule has 0 spiro atoms. The third kappa shape index (κ3) is 4.52. The largest absolute Gasteiger partial charge is 0.435 e. The van der Waals surface area contributed by atoms with Gasteiger partial charge >= 0.3 is 6.18 Å². The number of hydrogen-bond acceptors (Lipinski definition) is 3. The number of benzene rings is 1. The van der Waals surface area contributed by atoms with Crippen LogP contribution in [0, 0.1) is 13.8 Å². The minimum atomic E-state index is -4.52. The Morgan fingerprint density at radius 2 is 2.00 bits per heavy atom. The number of aryl methyl sites for hydroxylation is 2. The third-order valence-electron chi connectivity index (χ3n) is 5.29. The summed E-state index contributed by atoms with van der Waals surface area (Å²) in [6, 6.07) is 3.83. The van der Waals surface area contributed by atoms with E-state index in [-0.39, 0.29) is 12.2 Å². The molecular weight excluding hydrogens is 413 g/mol. The number of halogens is 4. The molecule has 30 heavy (non-hydrogen) atoms. The number of fused-ring (bicyclic) bond motifs is 1. The number of rotatable bonds is 7. The van der Waals surface area contributed by atoms with Crippen LogP contribution >= 0.6 is 11.6 Å². The van der Waals surface area contributed by atoms with Gasteiger partial charge in [0, 0.05) is 26.2 Å². The molecule has 0 fully saturated rings. The predicted octanol–water partition coefficient (Wildman–Crippen LogP) is 6.11. The van der Waals surface area contributed by atoms with E-state index in [0.29, 0.717) is 43.6 Å². The number of aromatic nitrogens is 2. The average Bonchev–Trinajstić information content (AvgIpc) is 3.01. The van der Waals surface area contributed by atoms with E-state index in [4.69, 9.17) is 11.6 Å². The maximum absolute atomic E-state index is 13.9. The summed E-state index contributed by atoms with van der Waals surface area (Å²) >= 11 is 6.52. The number of imidazole rings is 1. The van der Waals surface area contributed by atoms with Crippen LogP contribution in [0.15, 0.2) is 24.8 Å². The maximum Gasteiger partial charge on any atom is 0.435 e. The molecule has 1 aliphatic heterocycles. The zero-order chi connectivity index (χ0) is 22.1. The lowest BCUT2D eigenvalue weighted by Crippen LogP contribution is -2.31. The van der Waals surface area contributed by atoms with Gasteiger partial charge in [0.15, 0.2) is 5.69 Å². The first-order chi connectivity index (χ1) is 14.2. The van der Waals surface area contributed by atoms with Crippen LogP contribution in [0.3, 0.4) is 0 Å². The van der Waals surface area contributed by atoms with Gasteiger partial charge in [-0.2, -0.15) is 13.2 Å². The second kappa shape index (κ2) is 9.02. The van der Waals surface area contributed by atoms with Crippen molar-refractivity contribution in [2.24, 2.45) is 0 Å². The minimum absolute atomic E-state index is 0.177. The topological polar surface area (TPSA) is 24.3 Å². The minimum Gasteiger partial charge on any atom is -0.312 e. The van der Waals surface area contributed by atoms with Gasteiger partial charge in [0.1, 0.15) is 0 Å². The monoisotopic (exact) mass is 440 g/mol. The zero-order valence-electron chi connectivity index (χ0n) is 17.7. The average molecular weight is 441 g/mol. The van der Waals surface area contributed by atoms with E-state index >= 15 is 0 Å². The molecule has 0 aliphatic carbocycles. The van der Waals surface area contributed by atoms with E-state index in [2.05, 4.69) is 11.6 Å². The molecule has 3 rings (SSSR count). The second-order valence-electron chi connectivity index (χ2n) is 7.80. The molecule has 8 heteroatoms. The Balaban J connectivity index is 2.12. The third-order valence-corrected chi connectivity index (χ3v) is 5.58. The van der Waals surface area contributed by atoms with Crippen molar-refractivity contribution in [1.82, 2.24) is 14.5 Å². The summed E-state index contributed by atoms with van der Waals surface area (Å²) in [5.74, 6) is 0.312. The lowest BCUT2D eigenvalue weighted by atomic mass is 10.1. The van der Waals surface area contributed by atoms with Crippen LogP contribution < -0.4 is 4.90 Å². The summed E-state index contributed by atoms with van der Waals surface area (Å²) < 4.78 is 43.5. The Morgan fingerprint density at radius 1 is 1.27 bits per heavy atom. The van der Waals surface area contributed by atoms with E-state index in [0.717, 1.165) is 23.2 Å². The molecule has 0 saturated carbocycles. The van der Waals surface area contributed by atoms with Crippen molar-refractivity contribution in [2.75, 3.05) is 24.5 Å². The van der Waals surface area contributed by atoms with Crippen molar-refractivity contribution in [3.05, 3.63) is 52.3 Å². The van der Waals surface area contributed by atoms with Crippen LogP contribution in [0.5, 0.6) is 0 Å². The van der Waals surface area contributed by atoms with Gasteiger partial charge in [-0.1, -0.05) is 30.7 Å². The van der Waals surface area contributed by atoms with Gasteiger partial charge in [-0.05, 0) is 50.4 Å². The molecule has 0 atom stereocenters. The van der Waals surface area contributed by atoms with E-state index < -0.39 is 11.9 Å². The Bertz CT molecular complexity index is 897. The van der Waals surface area contributed by atoms with Crippen LogP contribution in [0.25, 0.3) is 0 Å². The number of alkyl halides is 3. The maximum atomic E-state index is 13.9. The molecule has 0 saturated heterocycles. The Morgan fingerprint density at radius 3 is 2.60 bits per heavy atom. The fourth-order valence-electron chi connectivity index (χ4n) is 4.20. The van der Waals surface area contributed by atoms with E-state index in [1.165, 1.54) is 0 Å². The van der Waals surface area contributed by atoms with Gasteiger partial charge in [0.05, 0.1) is 16.4 Å². The summed E-state index contributed by atoms with van der Waals surface area (Å²) in [7, 11) is 0. The molecule has 1 aliphatic rings. The van der Waals surface area contributed by atoms with Crippen molar-refractivity contribution in [1.29, 1.82) is 0 Å². The molecule has 1 aromatic heterocycles. The van der Waals surface area contributed by atoms with Crippen LogP contribution in [-0.2, 0) is 19.3 Å². The van der Waals surface area contributed by atoms with Gasteiger partial charge in [-0.25, -0.2) is 4.98 Å². The number of nitrogens with zero attached hydrogens (tertiary/aromatic N) is 4. The van der Waals surface area contributed by atoms with Gasteiger partial charge in [-0.3, -0.25) is 4.90 Å². The van der Waals surface area contributed by atoms with Gasteiger partial charge < -0.3 is 9.47 Å². The standard InChI is InChI=1S/C22H28ClF3N4/c1-5-8-28(9-6-2)14-18-20(22(24,25)26)27-21-29(18)10-7-11-30(21)19-16(4)12-15(3)13-17(19)23/h5,12-13H,1,6-11,14H2,2-4H3. The second-order valence-corrected chi connectivity index (χ2v) is 8.20. The SMILES string of the molecule is C=CCN(CCC)Cc1c(C(F)(F)F)nc2n1CCCN2c1c(C)cc(C)cc1Cl. The van der Waals surface area contributed by atoms with Crippen molar-refractivity contribution >= 4 is 23.2 Å². The van der Waals surface area contributed by atoms with Crippen LogP contribution in [-0.4, -0.2) is 34.1 Å². The highest BCUT2D eigenvalue weighted by atomic mass is 35.5. The van der Waals surface area contributed by atoms with Crippen molar-refractivity contribution in [3.63, 3.8) is 0 Å².